The van der Waals surface area contributed by atoms with E-state index in [2.05, 4.69) is 195 Å². The third kappa shape index (κ3) is 4.47. The van der Waals surface area contributed by atoms with Crippen molar-refractivity contribution < 1.29 is 4.42 Å². The first-order valence-electron chi connectivity index (χ1n) is 17.7. The van der Waals surface area contributed by atoms with Gasteiger partial charge in [0.05, 0.1) is 0 Å². The van der Waals surface area contributed by atoms with E-state index in [0.717, 1.165) is 21.9 Å². The van der Waals surface area contributed by atoms with Gasteiger partial charge in [0.15, 0.2) is 8.07 Å². The van der Waals surface area contributed by atoms with Crippen molar-refractivity contribution in [3.63, 3.8) is 0 Å². The van der Waals surface area contributed by atoms with E-state index in [9.17, 15) is 0 Å². The Morgan fingerprint density at radius 1 is 0.353 bits per heavy atom. The predicted molar refractivity (Wildman–Crippen MR) is 217 cm³/mol. The molecule has 0 atom stereocenters. The number of para-hydroxylation sites is 2. The molecule has 0 unspecified atom stereocenters. The van der Waals surface area contributed by atoms with Gasteiger partial charge < -0.3 is 4.42 Å². The highest BCUT2D eigenvalue weighted by Gasteiger charge is 2.44. The summed E-state index contributed by atoms with van der Waals surface area (Å²) in [6.45, 7) is 2.19. The van der Waals surface area contributed by atoms with Gasteiger partial charge >= 0.3 is 0 Å². The van der Waals surface area contributed by atoms with Gasteiger partial charge in [-0.1, -0.05) is 188 Å². The molecule has 0 saturated carbocycles. The van der Waals surface area contributed by atoms with Gasteiger partial charge in [-0.25, -0.2) is 0 Å². The molecule has 1 aromatic heterocycles. The Morgan fingerprint density at radius 3 is 1.49 bits per heavy atom. The molecule has 1 nitrogen and oxygen atoms in total. The van der Waals surface area contributed by atoms with E-state index < -0.39 is 8.07 Å². The lowest BCUT2D eigenvalue weighted by Gasteiger charge is -2.35. The van der Waals surface area contributed by atoms with Crippen molar-refractivity contribution in [3.05, 3.63) is 194 Å². The second kappa shape index (κ2) is 11.7. The van der Waals surface area contributed by atoms with Crippen LogP contribution < -0.4 is 20.7 Å². The maximum atomic E-state index is 6.89. The SMILES string of the molecule is Cc1ccc2c(c1)-c1ccccc1-c1ccc([Si](c3ccccc3)(c3ccccc3)c3cccc4c3oc3ccccc34)cc1-c1ccccc1-2. The fourth-order valence-corrected chi connectivity index (χ4v) is 13.5. The van der Waals surface area contributed by atoms with E-state index in [-0.39, 0.29) is 0 Å². The molecule has 1 aliphatic rings. The Bertz CT molecular complexity index is 2710. The first-order chi connectivity index (χ1) is 25.2. The van der Waals surface area contributed by atoms with Crippen LogP contribution in [0.3, 0.4) is 0 Å². The van der Waals surface area contributed by atoms with Crippen LogP contribution in [0.2, 0.25) is 0 Å². The van der Waals surface area contributed by atoms with Gasteiger partial charge in [-0.2, -0.15) is 0 Å². The lowest BCUT2D eigenvalue weighted by Crippen LogP contribution is -2.74. The van der Waals surface area contributed by atoms with Gasteiger partial charge in [0, 0.05) is 10.8 Å². The summed E-state index contributed by atoms with van der Waals surface area (Å²) >= 11 is 0. The van der Waals surface area contributed by atoms with Gasteiger partial charge in [-0.3, -0.25) is 0 Å². The third-order valence-corrected chi connectivity index (χ3v) is 15.6. The average Bonchev–Trinajstić information content (AvgIpc) is 3.58. The summed E-state index contributed by atoms with van der Waals surface area (Å²) in [7, 11) is -3.00. The summed E-state index contributed by atoms with van der Waals surface area (Å²) in [5, 5.41) is 7.53. The van der Waals surface area contributed by atoms with Crippen molar-refractivity contribution in [2.45, 2.75) is 6.92 Å². The standard InChI is InChI=1S/C49H34OSi/c1-33-27-29-41-38-20-9-11-22-40(38)46-32-36(28-30-42(46)37-19-8-10-21-39(37)45(41)31-33)51(34-15-4-2-5-16-34,35-17-6-3-7-18-35)48-26-14-24-44-43-23-12-13-25-47(43)50-49(44)48/h2-32H,1H3. The third-order valence-electron chi connectivity index (χ3n) is 10.9. The van der Waals surface area contributed by atoms with E-state index in [1.165, 1.54) is 70.8 Å². The zero-order chi connectivity index (χ0) is 33.9. The maximum absolute atomic E-state index is 6.89. The molecule has 0 radical (unpaired) electrons. The van der Waals surface area contributed by atoms with Crippen LogP contribution in [0.4, 0.5) is 0 Å². The maximum Gasteiger partial charge on any atom is 0.184 e. The highest BCUT2D eigenvalue weighted by molar-refractivity contribution is 7.20. The molecule has 0 aliphatic heterocycles. The first kappa shape index (κ1) is 29.7. The minimum atomic E-state index is -3.00. The molecule has 1 aliphatic carbocycles. The van der Waals surface area contributed by atoms with Crippen LogP contribution in [0.1, 0.15) is 5.56 Å². The minimum absolute atomic E-state index is 0.918. The van der Waals surface area contributed by atoms with Crippen LogP contribution in [0, 0.1) is 6.92 Å². The molecule has 1 heterocycles. The highest BCUT2D eigenvalue weighted by Crippen LogP contribution is 2.47. The predicted octanol–water partition coefficient (Wildman–Crippen LogP) is 10.3. The van der Waals surface area contributed by atoms with Gasteiger partial charge in [-0.15, -0.1) is 0 Å². The highest BCUT2D eigenvalue weighted by atomic mass is 28.3. The van der Waals surface area contributed by atoms with Crippen LogP contribution >= 0.6 is 0 Å². The number of benzene rings is 8. The smallest absolute Gasteiger partial charge is 0.184 e. The monoisotopic (exact) mass is 666 g/mol. The van der Waals surface area contributed by atoms with Crippen molar-refractivity contribution in [2.75, 3.05) is 0 Å². The van der Waals surface area contributed by atoms with Crippen molar-refractivity contribution in [2.24, 2.45) is 0 Å². The molecule has 240 valence electrons. The molecular weight excluding hydrogens is 633 g/mol. The van der Waals surface area contributed by atoms with E-state index in [1.807, 2.05) is 0 Å². The Morgan fingerprint density at radius 2 is 0.843 bits per heavy atom. The van der Waals surface area contributed by atoms with Crippen LogP contribution in [0.5, 0.6) is 0 Å². The minimum Gasteiger partial charge on any atom is -0.456 e. The lowest BCUT2D eigenvalue weighted by molar-refractivity contribution is 0.671. The second-order valence-electron chi connectivity index (χ2n) is 13.7. The molecule has 8 aromatic carbocycles. The van der Waals surface area contributed by atoms with E-state index >= 15 is 0 Å². The quantitative estimate of drug-likeness (QED) is 0.135. The second-order valence-corrected chi connectivity index (χ2v) is 17.4. The summed E-state index contributed by atoms with van der Waals surface area (Å²) in [6.07, 6.45) is 0. The molecule has 0 spiro atoms. The largest absolute Gasteiger partial charge is 0.456 e. The Hall–Kier alpha value is -6.22. The van der Waals surface area contributed by atoms with Gasteiger partial charge in [0.1, 0.15) is 11.2 Å². The van der Waals surface area contributed by atoms with E-state index in [0.29, 0.717) is 0 Å². The molecule has 10 rings (SSSR count). The molecule has 9 aromatic rings. The van der Waals surface area contributed by atoms with Crippen LogP contribution in [0.25, 0.3) is 66.4 Å². The average molecular weight is 667 g/mol. The van der Waals surface area contributed by atoms with Crippen molar-refractivity contribution in [1.29, 1.82) is 0 Å². The summed E-state index contributed by atoms with van der Waals surface area (Å²) in [6, 6.07) is 69.7. The Labute approximate surface area is 299 Å². The van der Waals surface area contributed by atoms with Crippen molar-refractivity contribution >= 4 is 50.8 Å². The number of hydrogen-bond acceptors (Lipinski definition) is 1. The van der Waals surface area contributed by atoms with Crippen molar-refractivity contribution in [3.8, 4) is 44.5 Å². The van der Waals surface area contributed by atoms with Crippen LogP contribution in [-0.4, -0.2) is 8.07 Å². The van der Waals surface area contributed by atoms with Gasteiger partial charge in [-0.05, 0) is 78.2 Å². The molecule has 51 heavy (non-hydrogen) atoms. The number of fused-ring (bicyclic) bond motifs is 11. The zero-order valence-electron chi connectivity index (χ0n) is 28.3. The fourth-order valence-electron chi connectivity index (χ4n) is 8.64. The molecule has 0 N–H and O–H groups in total. The summed E-state index contributed by atoms with van der Waals surface area (Å²) < 4.78 is 6.89. The lowest BCUT2D eigenvalue weighted by atomic mass is 9.80. The number of aryl methyl sites for hydroxylation is 1. The molecule has 2 heteroatoms. The van der Waals surface area contributed by atoms with Gasteiger partial charge in [0.2, 0.25) is 0 Å². The van der Waals surface area contributed by atoms with Gasteiger partial charge in [0.25, 0.3) is 0 Å². The van der Waals surface area contributed by atoms with Crippen molar-refractivity contribution in [1.82, 2.24) is 0 Å². The Kier molecular flexibility index (Phi) is 6.80. The fraction of sp³-hybridized carbons (Fsp3) is 0.0204. The summed E-state index contributed by atoms with van der Waals surface area (Å²) in [5.74, 6) is 0. The molecule has 0 bridgehead atoms. The molecule has 0 fully saturated rings. The number of rotatable bonds is 4. The normalized spacial score (nSPS) is 12.0. The summed E-state index contributed by atoms with van der Waals surface area (Å²) in [4.78, 5) is 0. The Balaban J connectivity index is 1.36. The van der Waals surface area contributed by atoms with Crippen LogP contribution in [-0.2, 0) is 0 Å². The number of furan rings is 1. The molecular formula is C49H34OSi. The number of hydrogen-bond donors (Lipinski definition) is 0. The zero-order valence-corrected chi connectivity index (χ0v) is 29.3. The van der Waals surface area contributed by atoms with E-state index in [4.69, 9.17) is 4.42 Å². The van der Waals surface area contributed by atoms with E-state index in [1.54, 1.807) is 0 Å². The topological polar surface area (TPSA) is 13.1 Å². The van der Waals surface area contributed by atoms with Crippen LogP contribution in [0.15, 0.2) is 192 Å². The molecule has 0 amide bonds. The summed E-state index contributed by atoms with van der Waals surface area (Å²) in [5.41, 5.74) is 13.2. The molecule has 0 saturated heterocycles. The first-order valence-corrected chi connectivity index (χ1v) is 19.7.